The number of carbonyl (C=O) groups excluding carboxylic acids is 1. The van der Waals surface area contributed by atoms with Gasteiger partial charge in [0.2, 0.25) is 17.7 Å². The topological polar surface area (TPSA) is 101 Å². The fourth-order valence-corrected chi connectivity index (χ4v) is 2.64. The van der Waals surface area contributed by atoms with Crippen molar-refractivity contribution in [2.45, 2.75) is 32.6 Å². The lowest BCUT2D eigenvalue weighted by molar-refractivity contribution is -0.147. The van der Waals surface area contributed by atoms with Gasteiger partial charge in [0, 0.05) is 11.8 Å². The summed E-state index contributed by atoms with van der Waals surface area (Å²) in [4.78, 5) is 31.7. The Hall–Kier alpha value is -2.18. The Morgan fingerprint density at radius 1 is 1.29 bits per heavy atom. The minimum absolute atomic E-state index is 0.145. The number of anilines is 1. The Kier molecular flexibility index (Phi) is 4.72. The lowest BCUT2D eigenvalue weighted by atomic mass is 9.79. The summed E-state index contributed by atoms with van der Waals surface area (Å²) in [6.45, 7) is 1.76. The second-order valence-electron chi connectivity index (χ2n) is 5.20. The van der Waals surface area contributed by atoms with Crippen molar-refractivity contribution in [2.24, 2.45) is 11.8 Å². The highest BCUT2D eigenvalue weighted by atomic mass is 16.5. The largest absolute Gasteiger partial charge is 0.481 e. The van der Waals surface area contributed by atoms with E-state index in [2.05, 4.69) is 15.3 Å². The first kappa shape index (κ1) is 15.2. The van der Waals surface area contributed by atoms with E-state index in [9.17, 15) is 14.7 Å². The molecule has 0 aromatic carbocycles. The van der Waals surface area contributed by atoms with Crippen molar-refractivity contribution in [2.75, 3.05) is 12.4 Å². The minimum Gasteiger partial charge on any atom is -0.481 e. The molecular formula is C14H19N3O4. The van der Waals surface area contributed by atoms with E-state index in [0.717, 1.165) is 12.8 Å². The van der Waals surface area contributed by atoms with Gasteiger partial charge in [0.1, 0.15) is 0 Å². The maximum atomic E-state index is 12.3. The Morgan fingerprint density at radius 3 is 2.57 bits per heavy atom. The van der Waals surface area contributed by atoms with Crippen LogP contribution in [0.5, 0.6) is 5.88 Å². The Bertz CT molecular complexity index is 547. The van der Waals surface area contributed by atoms with Gasteiger partial charge in [-0.1, -0.05) is 12.8 Å². The van der Waals surface area contributed by atoms with Crippen molar-refractivity contribution in [1.29, 1.82) is 0 Å². The number of ether oxygens (including phenoxy) is 1. The Labute approximate surface area is 122 Å². The molecule has 1 aliphatic rings. The van der Waals surface area contributed by atoms with Crippen LogP contribution in [0.15, 0.2) is 6.07 Å². The van der Waals surface area contributed by atoms with Gasteiger partial charge in [0.05, 0.1) is 18.9 Å². The molecule has 1 saturated carbocycles. The molecule has 0 radical (unpaired) electrons. The van der Waals surface area contributed by atoms with Gasteiger partial charge in [0.15, 0.2) is 0 Å². The molecule has 0 spiro atoms. The van der Waals surface area contributed by atoms with Gasteiger partial charge < -0.3 is 9.84 Å². The van der Waals surface area contributed by atoms with Crippen molar-refractivity contribution < 1.29 is 19.4 Å². The average molecular weight is 293 g/mol. The highest BCUT2D eigenvalue weighted by Crippen LogP contribution is 2.31. The van der Waals surface area contributed by atoms with Gasteiger partial charge in [-0.05, 0) is 19.8 Å². The molecule has 1 aliphatic carbocycles. The lowest BCUT2D eigenvalue weighted by Crippen LogP contribution is -2.36. The van der Waals surface area contributed by atoms with E-state index in [-0.39, 0.29) is 11.9 Å². The molecule has 7 heteroatoms. The molecule has 21 heavy (non-hydrogen) atoms. The molecule has 1 fully saturated rings. The SMILES string of the molecule is COc1cc(C)nc(NC(=O)C2CCCCC2C(=O)O)n1. The van der Waals surface area contributed by atoms with Gasteiger partial charge in [-0.25, -0.2) is 4.98 Å². The zero-order valence-corrected chi connectivity index (χ0v) is 12.1. The first-order valence-electron chi connectivity index (χ1n) is 6.94. The number of carbonyl (C=O) groups is 2. The van der Waals surface area contributed by atoms with Gasteiger partial charge in [-0.2, -0.15) is 4.98 Å². The molecule has 0 bridgehead atoms. The molecule has 7 nitrogen and oxygen atoms in total. The minimum atomic E-state index is -0.919. The number of aryl methyl sites for hydroxylation is 1. The average Bonchev–Trinajstić information content (AvgIpc) is 2.46. The van der Waals surface area contributed by atoms with Gasteiger partial charge in [-0.15, -0.1) is 0 Å². The smallest absolute Gasteiger partial charge is 0.307 e. The second kappa shape index (κ2) is 6.51. The predicted octanol–water partition coefficient (Wildman–Crippen LogP) is 1.62. The number of methoxy groups -OCH3 is 1. The molecule has 2 rings (SSSR count). The van der Waals surface area contributed by atoms with Crippen molar-refractivity contribution in [3.05, 3.63) is 11.8 Å². The molecule has 1 aromatic heterocycles. The molecule has 2 atom stereocenters. The zero-order valence-electron chi connectivity index (χ0n) is 12.1. The molecule has 0 aliphatic heterocycles. The quantitative estimate of drug-likeness (QED) is 0.874. The maximum Gasteiger partial charge on any atom is 0.307 e. The molecule has 0 saturated heterocycles. The van der Waals surface area contributed by atoms with Crippen molar-refractivity contribution >= 4 is 17.8 Å². The molecule has 2 unspecified atom stereocenters. The monoisotopic (exact) mass is 293 g/mol. The van der Waals surface area contributed by atoms with E-state index < -0.39 is 17.8 Å². The summed E-state index contributed by atoms with van der Waals surface area (Å²) in [6.07, 6.45) is 2.81. The van der Waals surface area contributed by atoms with Crippen LogP contribution in [0.2, 0.25) is 0 Å². The third-order valence-corrected chi connectivity index (χ3v) is 3.69. The summed E-state index contributed by atoms with van der Waals surface area (Å²) in [7, 11) is 1.48. The molecule has 1 heterocycles. The van der Waals surface area contributed by atoms with Gasteiger partial charge in [0.25, 0.3) is 0 Å². The summed E-state index contributed by atoms with van der Waals surface area (Å²) < 4.78 is 5.03. The summed E-state index contributed by atoms with van der Waals surface area (Å²) in [6, 6.07) is 1.65. The Balaban J connectivity index is 2.13. The van der Waals surface area contributed by atoms with E-state index in [1.165, 1.54) is 7.11 Å². The normalized spacial score (nSPS) is 21.6. The third-order valence-electron chi connectivity index (χ3n) is 3.69. The summed E-state index contributed by atoms with van der Waals surface area (Å²) in [5.41, 5.74) is 0.663. The van der Waals surface area contributed by atoms with E-state index in [4.69, 9.17) is 4.74 Å². The summed E-state index contributed by atoms with van der Waals surface area (Å²) >= 11 is 0. The molecular weight excluding hydrogens is 274 g/mol. The summed E-state index contributed by atoms with van der Waals surface area (Å²) in [5, 5.41) is 11.8. The molecule has 1 amide bonds. The number of amides is 1. The Morgan fingerprint density at radius 2 is 1.95 bits per heavy atom. The van der Waals surface area contributed by atoms with E-state index >= 15 is 0 Å². The predicted molar refractivity (Wildman–Crippen MR) is 75.0 cm³/mol. The van der Waals surface area contributed by atoms with Crippen LogP contribution in [0.1, 0.15) is 31.4 Å². The highest BCUT2D eigenvalue weighted by molar-refractivity contribution is 5.93. The summed E-state index contributed by atoms with van der Waals surface area (Å²) in [5.74, 6) is -1.92. The number of hydrogen-bond donors (Lipinski definition) is 2. The fourth-order valence-electron chi connectivity index (χ4n) is 2.64. The number of carboxylic acid groups (broad SMARTS) is 1. The van der Waals surface area contributed by atoms with E-state index in [1.54, 1.807) is 13.0 Å². The number of rotatable bonds is 4. The van der Waals surface area contributed by atoms with Crippen LogP contribution in [0.4, 0.5) is 5.95 Å². The first-order chi connectivity index (χ1) is 10.0. The second-order valence-corrected chi connectivity index (χ2v) is 5.20. The number of carboxylic acids is 1. The number of aliphatic carboxylic acids is 1. The van der Waals surface area contributed by atoms with Crippen LogP contribution in [0, 0.1) is 18.8 Å². The molecule has 1 aromatic rings. The number of hydrogen-bond acceptors (Lipinski definition) is 5. The fraction of sp³-hybridized carbons (Fsp3) is 0.571. The third kappa shape index (κ3) is 3.68. The van der Waals surface area contributed by atoms with Crippen LogP contribution in [0.25, 0.3) is 0 Å². The lowest BCUT2D eigenvalue weighted by Gasteiger charge is -2.27. The molecule has 2 N–H and O–H groups in total. The maximum absolute atomic E-state index is 12.3. The van der Waals surface area contributed by atoms with Crippen LogP contribution in [-0.4, -0.2) is 34.1 Å². The van der Waals surface area contributed by atoms with Gasteiger partial charge in [-0.3, -0.25) is 14.9 Å². The van der Waals surface area contributed by atoms with Crippen LogP contribution >= 0.6 is 0 Å². The highest BCUT2D eigenvalue weighted by Gasteiger charge is 2.36. The van der Waals surface area contributed by atoms with Crippen molar-refractivity contribution in [3.8, 4) is 5.88 Å². The molecule has 114 valence electrons. The van der Waals surface area contributed by atoms with Crippen LogP contribution < -0.4 is 10.1 Å². The van der Waals surface area contributed by atoms with Gasteiger partial charge >= 0.3 is 5.97 Å². The van der Waals surface area contributed by atoms with E-state index in [0.29, 0.717) is 24.4 Å². The first-order valence-corrected chi connectivity index (χ1v) is 6.94. The standard InChI is InChI=1S/C14H19N3O4/c1-8-7-11(21-2)16-14(15-8)17-12(18)9-5-3-4-6-10(9)13(19)20/h7,9-10H,3-6H2,1-2H3,(H,19,20)(H,15,16,17,18). The van der Waals surface area contributed by atoms with Crippen LogP contribution in [0.3, 0.4) is 0 Å². The van der Waals surface area contributed by atoms with E-state index in [1.807, 2.05) is 0 Å². The van der Waals surface area contributed by atoms with Crippen LogP contribution in [-0.2, 0) is 9.59 Å². The van der Waals surface area contributed by atoms with Crippen molar-refractivity contribution in [3.63, 3.8) is 0 Å². The van der Waals surface area contributed by atoms with Crippen molar-refractivity contribution in [1.82, 2.24) is 9.97 Å². The number of nitrogens with zero attached hydrogens (tertiary/aromatic N) is 2. The number of nitrogens with one attached hydrogen (secondary N) is 1. The number of aromatic nitrogens is 2. The zero-order chi connectivity index (χ0) is 15.4.